The van der Waals surface area contributed by atoms with E-state index >= 15 is 0 Å². The molecule has 1 rings (SSSR count). The Morgan fingerprint density at radius 3 is 2.76 bits per heavy atom. The molecule has 0 radical (unpaired) electrons. The predicted octanol–water partition coefficient (Wildman–Crippen LogP) is 2.59. The van der Waals surface area contributed by atoms with Gasteiger partial charge in [-0.1, -0.05) is 22.0 Å². The first-order valence-electron chi connectivity index (χ1n) is 5.26. The molecule has 0 saturated heterocycles. The zero-order valence-corrected chi connectivity index (χ0v) is 11.3. The zero-order chi connectivity index (χ0) is 12.8. The molecule has 0 aromatic heterocycles. The van der Waals surface area contributed by atoms with Crippen LogP contribution in [0.15, 0.2) is 24.3 Å². The van der Waals surface area contributed by atoms with Gasteiger partial charge in [0, 0.05) is 5.69 Å². The fraction of sp³-hybridized carbons (Fsp3) is 0.333. The second-order valence-corrected chi connectivity index (χ2v) is 4.78. The quantitative estimate of drug-likeness (QED) is 0.687. The molecule has 5 heteroatoms. The average molecular weight is 300 g/mol. The molecule has 17 heavy (non-hydrogen) atoms. The molecular weight excluding hydrogens is 286 g/mol. The van der Waals surface area contributed by atoms with Gasteiger partial charge in [0.1, 0.15) is 0 Å². The second-order valence-electron chi connectivity index (χ2n) is 3.41. The number of rotatable bonds is 4. The van der Waals surface area contributed by atoms with Crippen LogP contribution in [0.25, 0.3) is 0 Å². The van der Waals surface area contributed by atoms with E-state index in [1.165, 1.54) is 0 Å². The molecular formula is C12H14BrNO3. The van der Waals surface area contributed by atoms with Gasteiger partial charge in [0.25, 0.3) is 0 Å². The molecule has 0 spiro atoms. The largest absolute Gasteiger partial charge is 0.462 e. The van der Waals surface area contributed by atoms with Crippen LogP contribution >= 0.6 is 15.9 Å². The fourth-order valence-corrected chi connectivity index (χ4v) is 1.29. The number of alkyl halides is 1. The lowest BCUT2D eigenvalue weighted by Crippen LogP contribution is -2.20. The second kappa shape index (κ2) is 6.39. The van der Waals surface area contributed by atoms with Crippen molar-refractivity contribution in [2.24, 2.45) is 0 Å². The van der Waals surface area contributed by atoms with Crippen LogP contribution < -0.4 is 5.32 Å². The van der Waals surface area contributed by atoms with E-state index in [-0.39, 0.29) is 10.7 Å². The first-order valence-corrected chi connectivity index (χ1v) is 6.18. The molecule has 4 nitrogen and oxygen atoms in total. The highest BCUT2D eigenvalue weighted by molar-refractivity contribution is 9.10. The third-order valence-electron chi connectivity index (χ3n) is 2.00. The minimum absolute atomic E-state index is 0.161. The summed E-state index contributed by atoms with van der Waals surface area (Å²) in [7, 11) is 0. The molecule has 92 valence electrons. The number of esters is 1. The van der Waals surface area contributed by atoms with Crippen molar-refractivity contribution in [2.45, 2.75) is 18.7 Å². The maximum Gasteiger partial charge on any atom is 0.338 e. The number of ether oxygens (including phenoxy) is 1. The van der Waals surface area contributed by atoms with E-state index in [4.69, 9.17) is 4.74 Å². The van der Waals surface area contributed by atoms with Crippen LogP contribution in [0.4, 0.5) is 5.69 Å². The minimum Gasteiger partial charge on any atom is -0.462 e. The number of amides is 1. The highest BCUT2D eigenvalue weighted by atomic mass is 79.9. The van der Waals surface area contributed by atoms with E-state index in [0.717, 1.165) is 0 Å². The number of hydrogen-bond acceptors (Lipinski definition) is 3. The van der Waals surface area contributed by atoms with Gasteiger partial charge in [0.2, 0.25) is 5.91 Å². The molecule has 1 unspecified atom stereocenters. The summed E-state index contributed by atoms with van der Waals surface area (Å²) < 4.78 is 4.87. The SMILES string of the molecule is CCOC(=O)c1cccc(NC(=O)C(C)Br)c1. The molecule has 1 N–H and O–H groups in total. The number of hydrogen-bond donors (Lipinski definition) is 1. The number of carbonyl (C=O) groups excluding carboxylic acids is 2. The standard InChI is InChI=1S/C12H14BrNO3/c1-3-17-12(16)9-5-4-6-10(7-9)14-11(15)8(2)13/h4-8H,3H2,1-2H3,(H,14,15). The molecule has 1 aromatic rings. The monoisotopic (exact) mass is 299 g/mol. The van der Waals surface area contributed by atoms with Crippen LogP contribution in [-0.4, -0.2) is 23.3 Å². The molecule has 1 amide bonds. The highest BCUT2D eigenvalue weighted by Gasteiger charge is 2.11. The van der Waals surface area contributed by atoms with Crippen molar-refractivity contribution in [1.82, 2.24) is 0 Å². The Bertz CT molecular complexity index is 418. The third-order valence-corrected chi connectivity index (χ3v) is 2.42. The normalized spacial score (nSPS) is 11.7. The summed E-state index contributed by atoms with van der Waals surface area (Å²) in [5, 5.41) is 2.69. The van der Waals surface area contributed by atoms with Crippen LogP contribution in [0, 0.1) is 0 Å². The minimum atomic E-state index is -0.393. The van der Waals surface area contributed by atoms with Gasteiger partial charge in [-0.05, 0) is 32.0 Å². The Morgan fingerprint density at radius 1 is 1.47 bits per heavy atom. The first kappa shape index (κ1) is 13.7. The summed E-state index contributed by atoms with van der Waals surface area (Å²) >= 11 is 3.17. The Hall–Kier alpha value is -1.36. The smallest absolute Gasteiger partial charge is 0.338 e. The number of benzene rings is 1. The molecule has 0 heterocycles. The maximum absolute atomic E-state index is 11.5. The van der Waals surface area contributed by atoms with Crippen molar-refractivity contribution in [1.29, 1.82) is 0 Å². The summed E-state index contributed by atoms with van der Waals surface area (Å²) in [6.45, 7) is 3.80. The first-order chi connectivity index (χ1) is 8.04. The van der Waals surface area contributed by atoms with Crippen LogP contribution in [0.1, 0.15) is 24.2 Å². The Balaban J connectivity index is 2.79. The lowest BCUT2D eigenvalue weighted by atomic mass is 10.2. The summed E-state index contributed by atoms with van der Waals surface area (Å²) in [5.74, 6) is -0.554. The van der Waals surface area contributed by atoms with E-state index in [9.17, 15) is 9.59 Å². The van der Waals surface area contributed by atoms with E-state index in [0.29, 0.717) is 17.9 Å². The highest BCUT2D eigenvalue weighted by Crippen LogP contribution is 2.13. The zero-order valence-electron chi connectivity index (χ0n) is 9.70. The topological polar surface area (TPSA) is 55.4 Å². The van der Waals surface area contributed by atoms with E-state index in [1.54, 1.807) is 38.1 Å². The maximum atomic E-state index is 11.5. The average Bonchev–Trinajstić information content (AvgIpc) is 2.29. The van der Waals surface area contributed by atoms with Gasteiger partial charge in [0.05, 0.1) is 17.0 Å². The summed E-state index contributed by atoms with van der Waals surface area (Å²) in [6.07, 6.45) is 0. The van der Waals surface area contributed by atoms with Crippen molar-refractivity contribution in [3.8, 4) is 0 Å². The van der Waals surface area contributed by atoms with E-state index < -0.39 is 5.97 Å². The summed E-state index contributed by atoms with van der Waals surface area (Å²) in [5.41, 5.74) is 0.999. The summed E-state index contributed by atoms with van der Waals surface area (Å²) in [4.78, 5) is 22.6. The Morgan fingerprint density at radius 2 is 2.18 bits per heavy atom. The number of halogens is 1. The van der Waals surface area contributed by atoms with E-state index in [2.05, 4.69) is 21.2 Å². The fourth-order valence-electron chi connectivity index (χ4n) is 1.18. The van der Waals surface area contributed by atoms with Gasteiger partial charge in [-0.2, -0.15) is 0 Å². The van der Waals surface area contributed by atoms with Crippen molar-refractivity contribution >= 4 is 33.5 Å². The lowest BCUT2D eigenvalue weighted by molar-refractivity contribution is -0.115. The molecule has 0 bridgehead atoms. The van der Waals surface area contributed by atoms with Crippen LogP contribution in [0.2, 0.25) is 0 Å². The predicted molar refractivity (Wildman–Crippen MR) is 69.4 cm³/mol. The molecule has 1 aromatic carbocycles. The molecule has 1 atom stereocenters. The number of anilines is 1. The van der Waals surface area contributed by atoms with Gasteiger partial charge in [0.15, 0.2) is 0 Å². The van der Waals surface area contributed by atoms with Crippen molar-refractivity contribution in [3.63, 3.8) is 0 Å². The molecule has 0 aliphatic rings. The van der Waals surface area contributed by atoms with Crippen LogP contribution in [0.5, 0.6) is 0 Å². The summed E-state index contributed by atoms with van der Waals surface area (Å²) in [6, 6.07) is 6.65. The third kappa shape index (κ3) is 4.19. The lowest BCUT2D eigenvalue weighted by Gasteiger charge is -2.08. The Labute approximate surface area is 108 Å². The molecule has 0 saturated carbocycles. The van der Waals surface area contributed by atoms with Gasteiger partial charge in [-0.25, -0.2) is 4.79 Å². The van der Waals surface area contributed by atoms with Crippen LogP contribution in [0.3, 0.4) is 0 Å². The van der Waals surface area contributed by atoms with Crippen molar-refractivity contribution in [2.75, 3.05) is 11.9 Å². The van der Waals surface area contributed by atoms with Gasteiger partial charge < -0.3 is 10.1 Å². The van der Waals surface area contributed by atoms with Crippen LogP contribution in [-0.2, 0) is 9.53 Å². The van der Waals surface area contributed by atoms with Gasteiger partial charge in [-0.15, -0.1) is 0 Å². The number of carbonyl (C=O) groups is 2. The van der Waals surface area contributed by atoms with E-state index in [1.807, 2.05) is 0 Å². The van der Waals surface area contributed by atoms with Crippen molar-refractivity contribution in [3.05, 3.63) is 29.8 Å². The molecule has 0 aliphatic heterocycles. The number of nitrogens with one attached hydrogen (secondary N) is 1. The molecule has 0 aliphatic carbocycles. The van der Waals surface area contributed by atoms with Gasteiger partial charge >= 0.3 is 5.97 Å². The van der Waals surface area contributed by atoms with Crippen molar-refractivity contribution < 1.29 is 14.3 Å². The van der Waals surface area contributed by atoms with Gasteiger partial charge in [-0.3, -0.25) is 4.79 Å². The molecule has 0 fully saturated rings. The Kier molecular flexibility index (Phi) is 5.15.